The normalized spacial score (nSPS) is 19.0. The van der Waals surface area contributed by atoms with E-state index in [0.29, 0.717) is 0 Å². The monoisotopic (exact) mass is 406 g/mol. The fraction of sp³-hybridized carbons (Fsp3) is 0.586. The van der Waals surface area contributed by atoms with Gasteiger partial charge in [0.2, 0.25) is 0 Å². The molecule has 30 heavy (non-hydrogen) atoms. The molecule has 0 aliphatic heterocycles. The van der Waals surface area contributed by atoms with E-state index in [-0.39, 0.29) is 0 Å². The summed E-state index contributed by atoms with van der Waals surface area (Å²) in [5.41, 5.74) is 4.12. The van der Waals surface area contributed by atoms with E-state index in [2.05, 4.69) is 62.4 Å². The second-order valence-corrected chi connectivity index (χ2v) is 9.27. The molecule has 0 amide bonds. The fourth-order valence-electron chi connectivity index (χ4n) is 4.91. The molecule has 0 radical (unpaired) electrons. The lowest BCUT2D eigenvalue weighted by Gasteiger charge is -2.29. The molecule has 0 unspecified atom stereocenters. The van der Waals surface area contributed by atoms with Gasteiger partial charge in [-0.05, 0) is 72.8 Å². The Kier molecular flexibility index (Phi) is 9.80. The lowest BCUT2D eigenvalue weighted by atomic mass is 9.77. The minimum atomic E-state index is 0.768. The van der Waals surface area contributed by atoms with Crippen LogP contribution in [-0.2, 0) is 0 Å². The van der Waals surface area contributed by atoms with Crippen LogP contribution in [0.25, 0.3) is 11.1 Å². The molecule has 1 nitrogen and oxygen atoms in total. The Morgan fingerprint density at radius 1 is 0.667 bits per heavy atom. The molecular formula is C29H42O. The van der Waals surface area contributed by atoms with Gasteiger partial charge in [-0.2, -0.15) is 0 Å². The predicted octanol–water partition coefficient (Wildman–Crippen LogP) is 9.17. The largest absolute Gasteiger partial charge is 0.494 e. The Hall–Kier alpha value is -1.76. The topological polar surface area (TPSA) is 9.23 Å². The molecule has 0 heterocycles. The molecule has 0 spiro atoms. The fourth-order valence-corrected chi connectivity index (χ4v) is 4.91. The summed E-state index contributed by atoms with van der Waals surface area (Å²) in [6.07, 6.45) is 16.7. The van der Waals surface area contributed by atoms with Gasteiger partial charge in [0.05, 0.1) is 6.61 Å². The first-order chi connectivity index (χ1) is 14.8. The third kappa shape index (κ3) is 7.18. The van der Waals surface area contributed by atoms with Gasteiger partial charge < -0.3 is 4.74 Å². The average Bonchev–Trinajstić information content (AvgIpc) is 2.81. The summed E-state index contributed by atoms with van der Waals surface area (Å²) < 4.78 is 5.70. The van der Waals surface area contributed by atoms with Crippen molar-refractivity contribution in [3.8, 4) is 16.9 Å². The van der Waals surface area contributed by atoms with Crippen molar-refractivity contribution in [2.45, 2.75) is 96.8 Å². The Bertz CT molecular complexity index is 692. The van der Waals surface area contributed by atoms with Crippen molar-refractivity contribution < 1.29 is 4.74 Å². The molecule has 2 aromatic rings. The first kappa shape index (κ1) is 22.9. The number of benzene rings is 2. The van der Waals surface area contributed by atoms with E-state index in [9.17, 15) is 0 Å². The highest BCUT2D eigenvalue weighted by Gasteiger charge is 2.22. The highest BCUT2D eigenvalue weighted by Crippen LogP contribution is 2.38. The van der Waals surface area contributed by atoms with Gasteiger partial charge in [0, 0.05) is 0 Å². The highest BCUT2D eigenvalue weighted by molar-refractivity contribution is 5.64. The van der Waals surface area contributed by atoms with Crippen molar-refractivity contribution in [1.29, 1.82) is 0 Å². The van der Waals surface area contributed by atoms with E-state index in [1.807, 2.05) is 0 Å². The van der Waals surface area contributed by atoms with Gasteiger partial charge in [-0.1, -0.05) is 95.2 Å². The SMILES string of the molecule is CCCCCCCCC1CCC(c2ccc(-c3ccc(OCCC)cc3)cc2)CC1. The zero-order chi connectivity index (χ0) is 21.0. The van der Waals surface area contributed by atoms with Crippen molar-refractivity contribution in [3.05, 3.63) is 54.1 Å². The van der Waals surface area contributed by atoms with Gasteiger partial charge in [-0.15, -0.1) is 0 Å². The molecule has 0 atom stereocenters. The van der Waals surface area contributed by atoms with Crippen molar-refractivity contribution in [2.75, 3.05) is 6.61 Å². The predicted molar refractivity (Wildman–Crippen MR) is 130 cm³/mol. The summed E-state index contributed by atoms with van der Waals surface area (Å²) >= 11 is 0. The molecule has 1 heteroatoms. The Balaban J connectivity index is 1.42. The number of unbranched alkanes of at least 4 members (excludes halogenated alkanes) is 5. The van der Waals surface area contributed by atoms with Crippen LogP contribution in [0.3, 0.4) is 0 Å². The molecule has 0 saturated heterocycles. The summed E-state index contributed by atoms with van der Waals surface area (Å²) in [5.74, 6) is 2.72. The minimum Gasteiger partial charge on any atom is -0.494 e. The summed E-state index contributed by atoms with van der Waals surface area (Å²) in [6, 6.07) is 17.9. The molecule has 0 aromatic heterocycles. The van der Waals surface area contributed by atoms with Crippen LogP contribution >= 0.6 is 0 Å². The van der Waals surface area contributed by atoms with Crippen LogP contribution in [0.1, 0.15) is 102 Å². The van der Waals surface area contributed by atoms with Crippen LogP contribution in [0.15, 0.2) is 48.5 Å². The van der Waals surface area contributed by atoms with Crippen molar-refractivity contribution >= 4 is 0 Å². The van der Waals surface area contributed by atoms with Gasteiger partial charge in [-0.25, -0.2) is 0 Å². The summed E-state index contributed by atoms with van der Waals surface area (Å²) in [6.45, 7) is 5.22. The van der Waals surface area contributed by atoms with Gasteiger partial charge in [0.1, 0.15) is 5.75 Å². The molecule has 1 aliphatic rings. The van der Waals surface area contributed by atoms with Crippen LogP contribution in [0.5, 0.6) is 5.75 Å². The molecule has 2 aromatic carbocycles. The number of rotatable bonds is 12. The van der Waals surface area contributed by atoms with Gasteiger partial charge >= 0.3 is 0 Å². The molecule has 0 bridgehead atoms. The van der Waals surface area contributed by atoms with Gasteiger partial charge in [0.15, 0.2) is 0 Å². The van der Waals surface area contributed by atoms with Gasteiger partial charge in [0.25, 0.3) is 0 Å². The molecule has 3 rings (SSSR count). The van der Waals surface area contributed by atoms with E-state index >= 15 is 0 Å². The van der Waals surface area contributed by atoms with Crippen LogP contribution in [0.2, 0.25) is 0 Å². The maximum absolute atomic E-state index is 5.70. The first-order valence-electron chi connectivity index (χ1n) is 12.6. The van der Waals surface area contributed by atoms with E-state index in [0.717, 1.165) is 30.6 Å². The quantitative estimate of drug-likeness (QED) is 0.319. The third-order valence-electron chi connectivity index (χ3n) is 6.86. The van der Waals surface area contributed by atoms with Crippen LogP contribution in [0, 0.1) is 5.92 Å². The summed E-state index contributed by atoms with van der Waals surface area (Å²) in [7, 11) is 0. The smallest absolute Gasteiger partial charge is 0.119 e. The van der Waals surface area contributed by atoms with Crippen LogP contribution < -0.4 is 4.74 Å². The summed E-state index contributed by atoms with van der Waals surface area (Å²) in [4.78, 5) is 0. The second kappa shape index (κ2) is 12.8. The standard InChI is InChI=1S/C29H42O/c1-3-5-6-7-8-9-10-24-11-13-25(14-12-24)26-15-17-27(18-16-26)28-19-21-29(22-20-28)30-23-4-2/h15-22,24-25H,3-14,23H2,1-2H3. The van der Waals surface area contributed by atoms with E-state index in [4.69, 9.17) is 4.74 Å². The van der Waals surface area contributed by atoms with Crippen LogP contribution in [-0.4, -0.2) is 6.61 Å². The van der Waals surface area contributed by atoms with Crippen LogP contribution in [0.4, 0.5) is 0 Å². The molecule has 1 saturated carbocycles. The average molecular weight is 407 g/mol. The molecule has 1 fully saturated rings. The zero-order valence-corrected chi connectivity index (χ0v) is 19.4. The molecule has 0 N–H and O–H groups in total. The lowest BCUT2D eigenvalue weighted by molar-refractivity contribution is 0.302. The lowest BCUT2D eigenvalue weighted by Crippen LogP contribution is -2.13. The Labute approximate surface area is 185 Å². The van der Waals surface area contributed by atoms with Gasteiger partial charge in [-0.3, -0.25) is 0 Å². The van der Waals surface area contributed by atoms with E-state index in [1.54, 1.807) is 5.56 Å². The Morgan fingerprint density at radius 2 is 1.27 bits per heavy atom. The number of hydrogen-bond acceptors (Lipinski definition) is 1. The van der Waals surface area contributed by atoms with E-state index in [1.165, 1.54) is 81.8 Å². The maximum Gasteiger partial charge on any atom is 0.119 e. The zero-order valence-electron chi connectivity index (χ0n) is 19.4. The second-order valence-electron chi connectivity index (χ2n) is 9.27. The van der Waals surface area contributed by atoms with E-state index < -0.39 is 0 Å². The number of ether oxygens (including phenoxy) is 1. The number of hydrogen-bond donors (Lipinski definition) is 0. The molecule has 1 aliphatic carbocycles. The minimum absolute atomic E-state index is 0.768. The first-order valence-corrected chi connectivity index (χ1v) is 12.6. The molecular weight excluding hydrogens is 364 g/mol. The third-order valence-corrected chi connectivity index (χ3v) is 6.86. The van der Waals surface area contributed by atoms with Crippen molar-refractivity contribution in [2.24, 2.45) is 5.92 Å². The maximum atomic E-state index is 5.70. The summed E-state index contributed by atoms with van der Waals surface area (Å²) in [5, 5.41) is 0. The van der Waals surface area contributed by atoms with Crippen molar-refractivity contribution in [1.82, 2.24) is 0 Å². The van der Waals surface area contributed by atoms with Crippen molar-refractivity contribution in [3.63, 3.8) is 0 Å². The molecule has 164 valence electrons. The Morgan fingerprint density at radius 3 is 1.90 bits per heavy atom. The highest BCUT2D eigenvalue weighted by atomic mass is 16.5.